The summed E-state index contributed by atoms with van der Waals surface area (Å²) in [7, 11) is 0. The molecule has 18 heavy (non-hydrogen) atoms. The molecule has 0 aliphatic carbocycles. The van der Waals surface area contributed by atoms with E-state index in [2.05, 4.69) is 73.7 Å². The van der Waals surface area contributed by atoms with Gasteiger partial charge in [-0.25, -0.2) is 0 Å². The molecular formula is C14H20Br2N2. The largest absolute Gasteiger partial charge is 0.368 e. The van der Waals surface area contributed by atoms with Crippen LogP contribution in [-0.2, 0) is 5.33 Å². The highest BCUT2D eigenvalue weighted by Gasteiger charge is 2.23. The van der Waals surface area contributed by atoms with Gasteiger partial charge in [-0.2, -0.15) is 0 Å². The van der Waals surface area contributed by atoms with Gasteiger partial charge in [0.1, 0.15) is 0 Å². The number of piperazine rings is 1. The second kappa shape index (κ2) is 6.40. The molecule has 0 N–H and O–H groups in total. The highest BCUT2D eigenvalue weighted by atomic mass is 79.9. The lowest BCUT2D eigenvalue weighted by Crippen LogP contribution is -2.51. The topological polar surface area (TPSA) is 6.48 Å². The lowest BCUT2D eigenvalue weighted by atomic mass is 10.1. The van der Waals surface area contributed by atoms with Crippen LogP contribution < -0.4 is 4.90 Å². The van der Waals surface area contributed by atoms with E-state index in [1.54, 1.807) is 0 Å². The van der Waals surface area contributed by atoms with Crippen LogP contribution in [0.15, 0.2) is 22.7 Å². The van der Waals surface area contributed by atoms with Crippen LogP contribution in [0.2, 0.25) is 0 Å². The molecule has 1 aromatic rings. The number of hydrogen-bond acceptors (Lipinski definition) is 2. The van der Waals surface area contributed by atoms with Crippen molar-refractivity contribution in [2.75, 3.05) is 31.1 Å². The third kappa shape index (κ3) is 3.09. The van der Waals surface area contributed by atoms with E-state index in [4.69, 9.17) is 0 Å². The molecule has 1 saturated heterocycles. The molecule has 100 valence electrons. The summed E-state index contributed by atoms with van der Waals surface area (Å²) in [5.74, 6) is 0. The number of hydrogen-bond donors (Lipinski definition) is 0. The second-order valence-corrected chi connectivity index (χ2v) is 6.31. The predicted octanol–water partition coefficient (Wildman–Crippen LogP) is 3.87. The molecule has 1 atom stereocenters. The Morgan fingerprint density at radius 3 is 2.72 bits per heavy atom. The number of benzene rings is 1. The monoisotopic (exact) mass is 374 g/mol. The molecule has 0 spiro atoms. The average Bonchev–Trinajstić information content (AvgIpc) is 2.38. The van der Waals surface area contributed by atoms with Crippen LogP contribution >= 0.6 is 31.9 Å². The van der Waals surface area contributed by atoms with Gasteiger partial charge < -0.3 is 4.90 Å². The summed E-state index contributed by atoms with van der Waals surface area (Å²) in [6, 6.07) is 7.19. The SMILES string of the molecule is CCN1CCN(c2cc(Br)ccc2CBr)CC1C. The van der Waals surface area contributed by atoms with Crippen molar-refractivity contribution < 1.29 is 0 Å². The Morgan fingerprint density at radius 2 is 2.11 bits per heavy atom. The summed E-state index contributed by atoms with van der Waals surface area (Å²) < 4.78 is 1.16. The fraction of sp³-hybridized carbons (Fsp3) is 0.571. The highest BCUT2D eigenvalue weighted by Crippen LogP contribution is 2.28. The summed E-state index contributed by atoms with van der Waals surface area (Å²) in [6.07, 6.45) is 0. The molecule has 0 bridgehead atoms. The first-order valence-corrected chi connectivity index (χ1v) is 8.40. The zero-order valence-electron chi connectivity index (χ0n) is 11.0. The highest BCUT2D eigenvalue weighted by molar-refractivity contribution is 9.10. The lowest BCUT2D eigenvalue weighted by Gasteiger charge is -2.41. The van der Waals surface area contributed by atoms with E-state index in [1.807, 2.05) is 0 Å². The second-order valence-electron chi connectivity index (χ2n) is 4.83. The van der Waals surface area contributed by atoms with Gasteiger partial charge in [0.25, 0.3) is 0 Å². The van der Waals surface area contributed by atoms with Crippen LogP contribution in [0.3, 0.4) is 0 Å². The Kier molecular flexibility index (Phi) is 5.10. The summed E-state index contributed by atoms with van der Waals surface area (Å²) >= 11 is 7.17. The van der Waals surface area contributed by atoms with Crippen molar-refractivity contribution in [3.63, 3.8) is 0 Å². The van der Waals surface area contributed by atoms with Crippen molar-refractivity contribution in [3.8, 4) is 0 Å². The molecule has 1 aliphatic heterocycles. The molecule has 0 saturated carbocycles. The minimum Gasteiger partial charge on any atom is -0.368 e. The van der Waals surface area contributed by atoms with Crippen LogP contribution in [0, 0.1) is 0 Å². The van der Waals surface area contributed by atoms with Crippen molar-refractivity contribution in [3.05, 3.63) is 28.2 Å². The molecule has 2 nitrogen and oxygen atoms in total. The molecular weight excluding hydrogens is 356 g/mol. The molecule has 0 radical (unpaired) electrons. The van der Waals surface area contributed by atoms with Crippen molar-refractivity contribution in [1.29, 1.82) is 0 Å². The van der Waals surface area contributed by atoms with Gasteiger partial charge in [-0.05, 0) is 31.2 Å². The van der Waals surface area contributed by atoms with E-state index in [-0.39, 0.29) is 0 Å². The Morgan fingerprint density at radius 1 is 1.33 bits per heavy atom. The molecule has 2 rings (SSSR count). The maximum absolute atomic E-state index is 3.59. The number of alkyl halides is 1. The Balaban J connectivity index is 2.19. The van der Waals surface area contributed by atoms with Crippen molar-refractivity contribution in [2.24, 2.45) is 0 Å². The number of halogens is 2. The Bertz CT molecular complexity index is 409. The number of nitrogens with zero attached hydrogens (tertiary/aromatic N) is 2. The Hall–Kier alpha value is -0.0600. The van der Waals surface area contributed by atoms with Gasteiger partial charge in [0.05, 0.1) is 0 Å². The van der Waals surface area contributed by atoms with Gasteiger partial charge in [-0.15, -0.1) is 0 Å². The third-order valence-corrected chi connectivity index (χ3v) is 4.80. The summed E-state index contributed by atoms with van der Waals surface area (Å²) in [5.41, 5.74) is 2.74. The van der Waals surface area contributed by atoms with Crippen LogP contribution in [0.1, 0.15) is 19.4 Å². The predicted molar refractivity (Wildman–Crippen MR) is 85.7 cm³/mol. The fourth-order valence-corrected chi connectivity index (χ4v) is 3.45. The average molecular weight is 376 g/mol. The number of rotatable bonds is 3. The Labute approximate surface area is 127 Å². The third-order valence-electron chi connectivity index (χ3n) is 3.70. The summed E-state index contributed by atoms with van der Waals surface area (Å²) in [4.78, 5) is 5.06. The molecule has 1 aliphatic rings. The van der Waals surface area contributed by atoms with Crippen LogP contribution in [0.25, 0.3) is 0 Å². The lowest BCUT2D eigenvalue weighted by molar-refractivity contribution is 0.199. The van der Waals surface area contributed by atoms with E-state index in [0.717, 1.165) is 36.0 Å². The molecule has 1 heterocycles. The van der Waals surface area contributed by atoms with Gasteiger partial charge in [-0.3, -0.25) is 4.90 Å². The first kappa shape index (κ1) is 14.4. The normalized spacial score (nSPS) is 21.3. The molecule has 1 unspecified atom stereocenters. The van der Waals surface area contributed by atoms with Crippen LogP contribution in [-0.4, -0.2) is 37.1 Å². The number of anilines is 1. The molecule has 0 aromatic heterocycles. The molecule has 1 aromatic carbocycles. The van der Waals surface area contributed by atoms with Crippen LogP contribution in [0.4, 0.5) is 5.69 Å². The van der Waals surface area contributed by atoms with Gasteiger partial charge in [-0.1, -0.05) is 44.8 Å². The molecule has 1 fully saturated rings. The van der Waals surface area contributed by atoms with Crippen molar-refractivity contribution in [1.82, 2.24) is 4.90 Å². The standard InChI is InChI=1S/C14H20Br2N2/c1-3-17-6-7-18(10-11(17)2)14-8-13(16)5-4-12(14)9-15/h4-5,8,11H,3,6-7,9-10H2,1-2H3. The molecule has 4 heteroatoms. The van der Waals surface area contributed by atoms with Crippen LogP contribution in [0.5, 0.6) is 0 Å². The first-order valence-electron chi connectivity index (χ1n) is 6.49. The first-order chi connectivity index (χ1) is 8.65. The van der Waals surface area contributed by atoms with Gasteiger partial charge >= 0.3 is 0 Å². The minimum atomic E-state index is 0.630. The van der Waals surface area contributed by atoms with E-state index in [1.165, 1.54) is 11.3 Å². The van der Waals surface area contributed by atoms with E-state index < -0.39 is 0 Å². The zero-order valence-corrected chi connectivity index (χ0v) is 14.2. The minimum absolute atomic E-state index is 0.630. The fourth-order valence-electron chi connectivity index (χ4n) is 2.63. The maximum atomic E-state index is 3.59. The van der Waals surface area contributed by atoms with E-state index in [0.29, 0.717) is 6.04 Å². The van der Waals surface area contributed by atoms with Crippen molar-refractivity contribution in [2.45, 2.75) is 25.2 Å². The van der Waals surface area contributed by atoms with E-state index in [9.17, 15) is 0 Å². The quantitative estimate of drug-likeness (QED) is 0.739. The smallest absolute Gasteiger partial charge is 0.0419 e. The maximum Gasteiger partial charge on any atom is 0.0419 e. The number of likely N-dealkylation sites (N-methyl/N-ethyl adjacent to an activating group) is 1. The summed E-state index contributed by atoms with van der Waals surface area (Å²) in [6.45, 7) is 9.11. The van der Waals surface area contributed by atoms with Gasteiger partial charge in [0.2, 0.25) is 0 Å². The van der Waals surface area contributed by atoms with Gasteiger partial charge in [0.15, 0.2) is 0 Å². The summed E-state index contributed by atoms with van der Waals surface area (Å²) in [5, 5.41) is 0.915. The molecule has 0 amide bonds. The van der Waals surface area contributed by atoms with E-state index >= 15 is 0 Å². The van der Waals surface area contributed by atoms with Gasteiger partial charge in [0, 0.05) is 41.2 Å². The zero-order chi connectivity index (χ0) is 13.1. The van der Waals surface area contributed by atoms with Crippen molar-refractivity contribution >= 4 is 37.5 Å².